The monoisotopic (exact) mass is 1620 g/mol. The van der Waals surface area contributed by atoms with Gasteiger partial charge in [0.1, 0.15) is 28.9 Å². The van der Waals surface area contributed by atoms with E-state index in [9.17, 15) is 33.9 Å². The van der Waals surface area contributed by atoms with Crippen molar-refractivity contribution in [2.75, 3.05) is 98.7 Å². The summed E-state index contributed by atoms with van der Waals surface area (Å²) in [5.74, 6) is 1.58. The van der Waals surface area contributed by atoms with Gasteiger partial charge in [-0.25, -0.2) is 9.78 Å². The van der Waals surface area contributed by atoms with Crippen LogP contribution in [0.4, 0.5) is 0 Å². The first-order valence-electron chi connectivity index (χ1n) is 38.8. The van der Waals surface area contributed by atoms with E-state index in [1.165, 1.54) is 42.7 Å². The van der Waals surface area contributed by atoms with E-state index in [-0.39, 0.29) is 65.1 Å². The number of carboxylic acids is 1. The largest absolute Gasteiger partial charge is 0.490 e. The molecule has 1 saturated heterocycles. The molecule has 1 aliphatic rings. The molecule has 1 atom stereocenters. The average Bonchev–Trinajstić information content (AvgIpc) is 1.64. The van der Waals surface area contributed by atoms with Crippen LogP contribution in [0.2, 0.25) is 0 Å². The standard InChI is InChI=1S/C25H32N4O4.C22H28N4O4.C20H24N4O5.C18H19N3O5/c1-5-29(6-2)13-9-10-21(30)19-14-20(17-26-16-19)24-27-25(33-28-24)18-11-12-22(31-7-3)23(15-18)32-8-4;1-3-29-19-6-5-16(12-20(19)30-4-2)22(28)25-21(23)15-7-9-24-17(11-15)13-26-10-8-18(27)14-26;1-3-28-16-6-5-14(12-17(16)29-4-2)19(26)24-18(21)13-7-8-22-15(11-13)20(27)23-9-10-25;1-3-25-14-6-5-12(10-15(14)26-4-2)17(22)21-16(19)11-7-8-20-13(9-11)18(23)24/h11-12,14-17H,5-10,13H2,1-4H3;5-7,9,11-12,18,27H,3-4,8,10,13-14H2,1-2H3,(H2,23,25,28);5-8,11-12,25H,3-4,9-10H2,1-2H3,(H,23,27)(H2,21,24,26);5-10H,3-4H2,1-2H3,(H,23,24)(H2,19,21,22)/t;18-;;/m.1../s1. The van der Waals surface area contributed by atoms with Crippen LogP contribution in [0.15, 0.2) is 151 Å². The van der Waals surface area contributed by atoms with Gasteiger partial charge in [-0.15, -0.1) is 0 Å². The predicted molar refractivity (Wildman–Crippen MR) is 441 cm³/mol. The molecule has 0 bridgehead atoms. The minimum Gasteiger partial charge on any atom is -0.490 e. The SMILES string of the molecule is CCOc1ccc(-c2nc(-c3cncc(C(=O)CCCN(CC)CC)c3)no2)cc1OCC.CCOc1ccc(C(=O)NC(=N)c2ccnc(C(=O)NCCO)c2)cc1OCC.CCOc1ccc(C(=O)NC(=N)c2ccnc(C(=O)O)c2)cc1OCC.CCOc1ccc(C(=O)NC(=N)c2ccnc(CN3CC[C@@H](O)C3)c2)cc1OCC. The fourth-order valence-corrected chi connectivity index (χ4v) is 11.4. The van der Waals surface area contributed by atoms with Gasteiger partial charge in [-0.05, 0) is 203 Å². The third-order valence-electron chi connectivity index (χ3n) is 17.1. The molecule has 33 heteroatoms. The summed E-state index contributed by atoms with van der Waals surface area (Å²) in [5, 5.41) is 65.9. The van der Waals surface area contributed by atoms with Gasteiger partial charge >= 0.3 is 5.97 Å². The smallest absolute Gasteiger partial charge is 0.354 e. The number of carbonyl (C=O) groups excluding carboxylic acids is 5. The molecule has 5 aromatic heterocycles. The number of aliphatic hydroxyl groups excluding tert-OH is 2. The van der Waals surface area contributed by atoms with E-state index < -0.39 is 29.6 Å². The summed E-state index contributed by atoms with van der Waals surface area (Å²) in [6.45, 7) is 27.8. The minimum absolute atomic E-state index is 0.00282. The number of ketones is 1. The normalized spacial score (nSPS) is 12.0. The average molecular weight is 1620 g/mol. The maximum atomic E-state index is 12.7. The molecule has 1 aliphatic heterocycles. The Morgan fingerprint density at radius 2 is 0.941 bits per heavy atom. The first kappa shape index (κ1) is 92.1. The van der Waals surface area contributed by atoms with Gasteiger partial charge in [-0.3, -0.25) is 60.1 Å². The van der Waals surface area contributed by atoms with E-state index in [0.29, 0.717) is 163 Å². The van der Waals surface area contributed by atoms with Crippen LogP contribution < -0.4 is 59.2 Å². The number of amidine groups is 3. The van der Waals surface area contributed by atoms with Gasteiger partial charge in [0.05, 0.1) is 71.3 Å². The van der Waals surface area contributed by atoms with Crippen molar-refractivity contribution in [3.05, 3.63) is 202 Å². The third kappa shape index (κ3) is 28.1. The first-order valence-corrected chi connectivity index (χ1v) is 38.8. The molecule has 1 fully saturated rings. The Morgan fingerprint density at radius 1 is 0.500 bits per heavy atom. The molecule has 10 rings (SSSR count). The maximum Gasteiger partial charge on any atom is 0.354 e. The van der Waals surface area contributed by atoms with E-state index >= 15 is 0 Å². The van der Waals surface area contributed by atoms with Gasteiger partial charge in [0.15, 0.2) is 51.8 Å². The number of amides is 4. The molecule has 118 heavy (non-hydrogen) atoms. The number of benzene rings is 4. The summed E-state index contributed by atoms with van der Waals surface area (Å²) in [7, 11) is 0. The summed E-state index contributed by atoms with van der Waals surface area (Å²) in [4.78, 5) is 98.2. The van der Waals surface area contributed by atoms with Gasteiger partial charge in [0, 0.05) is 114 Å². The summed E-state index contributed by atoms with van der Waals surface area (Å²) >= 11 is 0. The van der Waals surface area contributed by atoms with E-state index in [1.807, 2.05) is 73.6 Å². The number of β-amino-alcohol motifs (C(OH)–C–C–N with tert-alkyl or cyclic N) is 1. The lowest BCUT2D eigenvalue weighted by molar-refractivity contribution is 0.0689. The number of nitrogens with one attached hydrogen (secondary N) is 7. The number of Topliss-reactive ketones (excluding diaryl/α,β-unsaturated/α-hetero) is 1. The Morgan fingerprint density at radius 3 is 1.39 bits per heavy atom. The number of hydrogen-bond acceptors (Lipinski definition) is 28. The molecule has 0 spiro atoms. The molecular formula is C85H103N15O18. The number of carboxylic acid groups (broad SMARTS) is 1. The summed E-state index contributed by atoms with van der Waals surface area (Å²) in [6, 6.07) is 30.8. The number of hydrogen-bond donors (Lipinski definition) is 10. The molecule has 0 radical (unpaired) electrons. The van der Waals surface area contributed by atoms with Crippen LogP contribution in [0.5, 0.6) is 46.0 Å². The first-order chi connectivity index (χ1) is 57.0. The van der Waals surface area contributed by atoms with Crippen LogP contribution >= 0.6 is 0 Å². The highest BCUT2D eigenvalue weighted by Crippen LogP contribution is 2.35. The number of aromatic carboxylic acids is 1. The molecule has 0 aliphatic carbocycles. The van der Waals surface area contributed by atoms with Crippen molar-refractivity contribution < 1.29 is 86.5 Å². The van der Waals surface area contributed by atoms with Crippen molar-refractivity contribution in [2.24, 2.45) is 0 Å². The third-order valence-corrected chi connectivity index (χ3v) is 17.1. The lowest BCUT2D eigenvalue weighted by Crippen LogP contribution is -2.31. The van der Waals surface area contributed by atoms with Gasteiger partial charge in [-0.1, -0.05) is 19.0 Å². The number of nitrogens with zero attached hydrogens (tertiary/aromatic N) is 8. The maximum absolute atomic E-state index is 12.7. The molecule has 4 aromatic carbocycles. The number of rotatable bonds is 37. The van der Waals surface area contributed by atoms with E-state index in [4.69, 9.17) is 68.9 Å². The van der Waals surface area contributed by atoms with Crippen molar-refractivity contribution in [3.63, 3.8) is 0 Å². The Labute approximate surface area is 684 Å². The lowest BCUT2D eigenvalue weighted by atomic mass is 10.1. The van der Waals surface area contributed by atoms with Crippen molar-refractivity contribution >= 4 is 52.9 Å². The summed E-state index contributed by atoms with van der Waals surface area (Å²) < 4.78 is 49.8. The van der Waals surface area contributed by atoms with Gasteiger partial charge in [0.25, 0.3) is 29.5 Å². The highest BCUT2D eigenvalue weighted by molar-refractivity contribution is 6.14. The molecule has 9 aromatic rings. The van der Waals surface area contributed by atoms with Gasteiger partial charge < -0.3 is 83.9 Å². The number of aliphatic hydroxyl groups is 2. The number of ether oxygens (including phenoxy) is 8. The Bertz CT molecular complexity index is 4860. The highest BCUT2D eigenvalue weighted by atomic mass is 16.5. The Balaban J connectivity index is 0.000000218. The molecule has 6 heterocycles. The highest BCUT2D eigenvalue weighted by Gasteiger charge is 2.24. The Hall–Kier alpha value is -13.1. The van der Waals surface area contributed by atoms with Gasteiger partial charge in [0.2, 0.25) is 5.82 Å². The zero-order valence-electron chi connectivity index (χ0n) is 67.9. The second-order valence-electron chi connectivity index (χ2n) is 25.4. The van der Waals surface area contributed by atoms with Crippen LogP contribution in [-0.2, 0) is 6.54 Å². The number of carbonyl (C=O) groups is 6. The predicted octanol–water partition coefficient (Wildman–Crippen LogP) is 10.8. The van der Waals surface area contributed by atoms with Crippen molar-refractivity contribution in [1.82, 2.24) is 61.1 Å². The topological polar surface area (TPSA) is 454 Å². The Kier molecular flexibility index (Phi) is 37.7. The molecular weight excluding hydrogens is 1520 g/mol. The second-order valence-corrected chi connectivity index (χ2v) is 25.4. The molecule has 626 valence electrons. The molecule has 33 nitrogen and oxygen atoms in total. The van der Waals surface area contributed by atoms with E-state index in [1.54, 1.807) is 85.3 Å². The quantitative estimate of drug-likeness (QED) is 0.00982. The fraction of sp³-hybridized carbons (Fsp3) is 0.353. The zero-order chi connectivity index (χ0) is 85.5. The molecule has 0 unspecified atom stereocenters. The number of aromatic nitrogens is 6. The number of likely N-dealkylation sites (tertiary alicyclic amines) is 1. The van der Waals surface area contributed by atoms with Crippen molar-refractivity contribution in [1.29, 1.82) is 16.2 Å². The van der Waals surface area contributed by atoms with Crippen molar-refractivity contribution in [2.45, 2.75) is 101 Å². The minimum atomic E-state index is -1.21. The lowest BCUT2D eigenvalue weighted by Gasteiger charge is -2.17. The molecule has 4 amide bonds. The zero-order valence-corrected chi connectivity index (χ0v) is 67.9. The van der Waals surface area contributed by atoms with E-state index in [0.717, 1.165) is 50.3 Å². The molecule has 0 saturated carbocycles. The molecule has 10 N–H and O–H groups in total. The van der Waals surface area contributed by atoms with Crippen LogP contribution in [0, 0.1) is 16.2 Å². The number of pyridine rings is 4. The van der Waals surface area contributed by atoms with Crippen molar-refractivity contribution in [3.8, 4) is 68.8 Å². The summed E-state index contributed by atoms with van der Waals surface area (Å²) in [6.07, 6.45) is 9.25. The van der Waals surface area contributed by atoms with Crippen LogP contribution in [0.1, 0.15) is 173 Å². The second kappa shape index (κ2) is 48.3. The van der Waals surface area contributed by atoms with E-state index in [2.05, 4.69) is 75.0 Å². The van der Waals surface area contributed by atoms with Crippen LogP contribution in [0.25, 0.3) is 22.8 Å². The van der Waals surface area contributed by atoms with Crippen LogP contribution in [0.3, 0.4) is 0 Å². The van der Waals surface area contributed by atoms with Crippen LogP contribution in [-0.4, -0.2) is 213 Å². The fourth-order valence-electron chi connectivity index (χ4n) is 11.4. The van der Waals surface area contributed by atoms with Gasteiger partial charge in [-0.2, -0.15) is 4.98 Å². The summed E-state index contributed by atoms with van der Waals surface area (Å²) in [5.41, 5.74) is 4.67.